The number of pyridine rings is 1. The molecule has 3 aromatic rings. The molecule has 2 heterocycles. The van der Waals surface area contributed by atoms with Crippen LogP contribution in [-0.2, 0) is 4.79 Å². The number of hydrogen-bond acceptors (Lipinski definition) is 4. The van der Waals surface area contributed by atoms with Crippen molar-refractivity contribution in [2.45, 2.75) is 71.4 Å². The average molecular weight is 463 g/mol. The van der Waals surface area contributed by atoms with Crippen LogP contribution < -0.4 is 10.6 Å². The van der Waals surface area contributed by atoms with Gasteiger partial charge in [-0.25, -0.2) is 9.78 Å². The lowest BCUT2D eigenvalue weighted by Crippen LogP contribution is -2.45. The Balaban J connectivity index is 1.72. The lowest BCUT2D eigenvalue weighted by atomic mass is 9.95. The first-order valence-electron chi connectivity index (χ1n) is 12.3. The molecule has 1 aliphatic carbocycles. The van der Waals surface area contributed by atoms with Crippen molar-refractivity contribution in [3.63, 3.8) is 0 Å². The highest BCUT2D eigenvalue weighted by Gasteiger charge is 2.26. The zero-order valence-corrected chi connectivity index (χ0v) is 20.2. The van der Waals surface area contributed by atoms with Gasteiger partial charge in [-0.3, -0.25) is 9.20 Å². The smallest absolute Gasteiger partial charge is 0.326 e. The lowest BCUT2D eigenvalue weighted by molar-refractivity contribution is -0.140. The van der Waals surface area contributed by atoms with Crippen molar-refractivity contribution in [1.29, 1.82) is 0 Å². The molecule has 2 aromatic heterocycles. The summed E-state index contributed by atoms with van der Waals surface area (Å²) in [5.41, 5.74) is 4.10. The van der Waals surface area contributed by atoms with Gasteiger partial charge < -0.3 is 15.7 Å². The van der Waals surface area contributed by atoms with Crippen molar-refractivity contribution in [3.8, 4) is 11.3 Å². The number of nitrogens with zero attached hydrogens (tertiary/aromatic N) is 2. The van der Waals surface area contributed by atoms with Crippen LogP contribution in [0.25, 0.3) is 16.9 Å². The number of aliphatic carboxylic acids is 1. The highest BCUT2D eigenvalue weighted by molar-refractivity contribution is 5.97. The van der Waals surface area contributed by atoms with Crippen molar-refractivity contribution in [3.05, 3.63) is 53.7 Å². The largest absolute Gasteiger partial charge is 0.480 e. The molecule has 180 valence electrons. The molecule has 0 aliphatic heterocycles. The zero-order chi connectivity index (χ0) is 24.2. The Labute approximate surface area is 200 Å². The van der Waals surface area contributed by atoms with Gasteiger partial charge in [-0.1, -0.05) is 63.8 Å². The Morgan fingerprint density at radius 3 is 2.59 bits per heavy atom. The van der Waals surface area contributed by atoms with E-state index in [9.17, 15) is 14.7 Å². The summed E-state index contributed by atoms with van der Waals surface area (Å²) < 4.78 is 2.00. The van der Waals surface area contributed by atoms with E-state index < -0.39 is 17.9 Å². The predicted molar refractivity (Wildman–Crippen MR) is 134 cm³/mol. The molecule has 7 nitrogen and oxygen atoms in total. The number of carboxylic acid groups (broad SMARTS) is 1. The van der Waals surface area contributed by atoms with E-state index in [2.05, 4.69) is 29.7 Å². The first-order chi connectivity index (χ1) is 16.4. The van der Waals surface area contributed by atoms with Gasteiger partial charge in [-0.05, 0) is 43.4 Å². The number of carbonyl (C=O) groups is 2. The van der Waals surface area contributed by atoms with Crippen LogP contribution in [0, 0.1) is 12.8 Å². The van der Waals surface area contributed by atoms with E-state index in [1.54, 1.807) is 12.1 Å². The van der Waals surface area contributed by atoms with Gasteiger partial charge in [0.2, 0.25) is 0 Å². The van der Waals surface area contributed by atoms with Gasteiger partial charge in [0.1, 0.15) is 23.2 Å². The molecular weight excluding hydrogens is 428 g/mol. The minimum absolute atomic E-state index is 0.171. The first kappa shape index (κ1) is 23.8. The number of nitrogens with one attached hydrogen (secondary N) is 2. The number of imidazole rings is 1. The third-order valence-electron chi connectivity index (χ3n) is 7.00. The van der Waals surface area contributed by atoms with Crippen LogP contribution in [0.5, 0.6) is 0 Å². The molecule has 0 bridgehead atoms. The third kappa shape index (κ3) is 4.93. The maximum absolute atomic E-state index is 12.9. The van der Waals surface area contributed by atoms with Crippen molar-refractivity contribution in [2.75, 3.05) is 5.32 Å². The van der Waals surface area contributed by atoms with Gasteiger partial charge in [0.15, 0.2) is 0 Å². The molecule has 0 radical (unpaired) electrons. The molecule has 1 aliphatic rings. The van der Waals surface area contributed by atoms with E-state index in [-0.39, 0.29) is 5.92 Å². The summed E-state index contributed by atoms with van der Waals surface area (Å²) >= 11 is 0. The van der Waals surface area contributed by atoms with E-state index in [1.807, 2.05) is 36.6 Å². The Kier molecular flexibility index (Phi) is 7.20. The molecule has 3 N–H and O–H groups in total. The van der Waals surface area contributed by atoms with E-state index in [4.69, 9.17) is 4.98 Å². The van der Waals surface area contributed by atoms with Crippen molar-refractivity contribution >= 4 is 23.3 Å². The van der Waals surface area contributed by atoms with Gasteiger partial charge >= 0.3 is 5.97 Å². The molecular formula is C27H34N4O3. The number of rotatable bonds is 8. The molecule has 2 unspecified atom stereocenters. The summed E-state index contributed by atoms with van der Waals surface area (Å²) in [4.78, 5) is 29.5. The molecule has 0 spiro atoms. The van der Waals surface area contributed by atoms with Gasteiger partial charge in [0.25, 0.3) is 5.91 Å². The topological polar surface area (TPSA) is 95.7 Å². The van der Waals surface area contributed by atoms with Crippen LogP contribution in [0.3, 0.4) is 0 Å². The maximum atomic E-state index is 12.9. The maximum Gasteiger partial charge on any atom is 0.326 e. The van der Waals surface area contributed by atoms with Crippen LogP contribution in [0.4, 0.5) is 5.82 Å². The van der Waals surface area contributed by atoms with Gasteiger partial charge in [0.05, 0.1) is 0 Å². The van der Waals surface area contributed by atoms with Crippen LogP contribution in [0.15, 0.2) is 42.6 Å². The number of carboxylic acids is 1. The highest BCUT2D eigenvalue weighted by atomic mass is 16.4. The predicted octanol–water partition coefficient (Wildman–Crippen LogP) is 5.28. The lowest BCUT2D eigenvalue weighted by Gasteiger charge is -2.24. The second kappa shape index (κ2) is 10.3. The Morgan fingerprint density at radius 2 is 1.91 bits per heavy atom. The van der Waals surface area contributed by atoms with Crippen LogP contribution >= 0.6 is 0 Å². The number of aryl methyl sites for hydroxylation is 1. The number of hydrogen-bond donors (Lipinski definition) is 3. The number of benzene rings is 1. The number of aromatic nitrogens is 2. The van der Waals surface area contributed by atoms with Gasteiger partial charge in [-0.15, -0.1) is 0 Å². The first-order valence-corrected chi connectivity index (χ1v) is 12.3. The van der Waals surface area contributed by atoms with Crippen LogP contribution in [0.2, 0.25) is 0 Å². The fourth-order valence-electron chi connectivity index (χ4n) is 4.70. The van der Waals surface area contributed by atoms with E-state index in [0.717, 1.165) is 35.5 Å². The Bertz CT molecular complexity index is 1180. The minimum Gasteiger partial charge on any atom is -0.480 e. The third-order valence-corrected chi connectivity index (χ3v) is 7.00. The zero-order valence-electron chi connectivity index (χ0n) is 20.2. The average Bonchev–Trinajstić information content (AvgIpc) is 3.19. The van der Waals surface area contributed by atoms with Gasteiger partial charge in [0, 0.05) is 23.4 Å². The Hall–Kier alpha value is -3.35. The fourth-order valence-corrected chi connectivity index (χ4v) is 4.70. The normalized spacial score (nSPS) is 16.2. The summed E-state index contributed by atoms with van der Waals surface area (Å²) in [7, 11) is 0. The molecule has 0 saturated heterocycles. The summed E-state index contributed by atoms with van der Waals surface area (Å²) in [6.07, 6.45) is 8.50. The fraction of sp³-hybridized carbons (Fsp3) is 0.444. The minimum atomic E-state index is -1.02. The van der Waals surface area contributed by atoms with Crippen molar-refractivity contribution < 1.29 is 14.7 Å². The number of carbonyl (C=O) groups excluding carboxylic acids is 1. The molecule has 1 amide bonds. The summed E-state index contributed by atoms with van der Waals surface area (Å²) in [6.45, 7) is 5.81. The van der Waals surface area contributed by atoms with Crippen LogP contribution in [0.1, 0.15) is 68.3 Å². The number of anilines is 1. The second-order valence-electron chi connectivity index (χ2n) is 9.42. The molecule has 7 heteroatoms. The SMILES string of the molecule is CCC(C)C(NC(=O)c1ccn2c(NC3CCCCC3)c(-c3ccccc3C)nc2c1)C(=O)O. The molecule has 1 saturated carbocycles. The summed E-state index contributed by atoms with van der Waals surface area (Å²) in [6, 6.07) is 11.1. The molecule has 1 fully saturated rings. The highest BCUT2D eigenvalue weighted by Crippen LogP contribution is 2.33. The van der Waals surface area contributed by atoms with Crippen molar-refractivity contribution in [2.24, 2.45) is 5.92 Å². The summed E-state index contributed by atoms with van der Waals surface area (Å²) in [5, 5.41) is 16.0. The monoisotopic (exact) mass is 462 g/mol. The van der Waals surface area contributed by atoms with Gasteiger partial charge in [-0.2, -0.15) is 0 Å². The number of fused-ring (bicyclic) bond motifs is 1. The molecule has 34 heavy (non-hydrogen) atoms. The van der Waals surface area contributed by atoms with E-state index >= 15 is 0 Å². The summed E-state index contributed by atoms with van der Waals surface area (Å²) in [5.74, 6) is -0.662. The molecule has 4 rings (SSSR count). The quantitative estimate of drug-likeness (QED) is 0.423. The van der Waals surface area contributed by atoms with Crippen molar-refractivity contribution in [1.82, 2.24) is 14.7 Å². The standard InChI is InChI=1S/C27H34N4O3/c1-4-17(2)23(27(33)34)30-26(32)19-14-15-31-22(16-19)29-24(21-13-9-8-10-18(21)3)25(31)28-20-11-6-5-7-12-20/h8-10,13-17,20,23,28H,4-7,11-12H2,1-3H3,(H,30,32)(H,33,34). The van der Waals surface area contributed by atoms with Crippen LogP contribution in [-0.4, -0.2) is 38.5 Å². The van der Waals surface area contributed by atoms with E-state index in [0.29, 0.717) is 23.7 Å². The Morgan fingerprint density at radius 1 is 1.18 bits per heavy atom. The molecule has 2 atom stereocenters. The second-order valence-corrected chi connectivity index (χ2v) is 9.42. The van der Waals surface area contributed by atoms with E-state index in [1.165, 1.54) is 19.3 Å². The molecule has 1 aromatic carbocycles. The number of amides is 1.